The van der Waals surface area contributed by atoms with Gasteiger partial charge in [-0.05, 0) is 6.92 Å². The molecule has 0 aromatic rings. The van der Waals surface area contributed by atoms with E-state index in [-0.39, 0.29) is 12.3 Å². The van der Waals surface area contributed by atoms with Crippen molar-refractivity contribution in [3.63, 3.8) is 0 Å². The Morgan fingerprint density at radius 1 is 1.67 bits per heavy atom. The van der Waals surface area contributed by atoms with Gasteiger partial charge in [-0.1, -0.05) is 6.58 Å². The minimum absolute atomic E-state index is 0.0611. The summed E-state index contributed by atoms with van der Waals surface area (Å²) in [5.41, 5.74) is 0. The van der Waals surface area contributed by atoms with E-state index in [1.165, 1.54) is 6.92 Å². The van der Waals surface area contributed by atoms with Crippen LogP contribution in [0.5, 0.6) is 0 Å². The van der Waals surface area contributed by atoms with E-state index in [1.807, 2.05) is 4.72 Å². The molecule has 0 spiro atoms. The number of nitrogens with one attached hydrogen (secondary N) is 1. The van der Waals surface area contributed by atoms with Crippen LogP contribution in [0.1, 0.15) is 6.92 Å². The number of esters is 1. The van der Waals surface area contributed by atoms with Crippen LogP contribution in [-0.2, 0) is 19.6 Å². The summed E-state index contributed by atoms with van der Waals surface area (Å²) in [6.45, 7) is 4.26. The van der Waals surface area contributed by atoms with E-state index < -0.39 is 16.0 Å². The van der Waals surface area contributed by atoms with Gasteiger partial charge in [-0.15, -0.1) is 0 Å². The zero-order valence-corrected chi connectivity index (χ0v) is 7.56. The van der Waals surface area contributed by atoms with Gasteiger partial charge in [0, 0.05) is 0 Å². The van der Waals surface area contributed by atoms with Crippen LogP contribution in [0.3, 0.4) is 0 Å². The molecular weight excluding hydrogens is 182 g/mol. The highest BCUT2D eigenvalue weighted by Gasteiger charge is 2.08. The zero-order chi connectivity index (χ0) is 9.61. The second-order valence-electron chi connectivity index (χ2n) is 1.88. The van der Waals surface area contributed by atoms with E-state index in [1.54, 1.807) is 0 Å². The maximum atomic E-state index is 10.8. The van der Waals surface area contributed by atoms with Crippen molar-refractivity contribution < 1.29 is 17.9 Å². The Bertz CT molecular complexity index is 257. The molecule has 0 bridgehead atoms. The molecule has 0 saturated heterocycles. The summed E-state index contributed by atoms with van der Waals surface area (Å²) >= 11 is 0. The normalized spacial score (nSPS) is 10.8. The molecule has 0 aliphatic carbocycles. The van der Waals surface area contributed by atoms with Gasteiger partial charge in [0.1, 0.15) is 6.54 Å². The summed E-state index contributed by atoms with van der Waals surface area (Å²) in [6, 6.07) is 0. The van der Waals surface area contributed by atoms with Crippen LogP contribution in [0.25, 0.3) is 0 Å². The molecule has 0 aliphatic heterocycles. The SMILES string of the molecule is C=COC(=O)CNS(=O)(=O)CC. The fourth-order valence-corrected chi connectivity index (χ4v) is 0.947. The highest BCUT2D eigenvalue weighted by atomic mass is 32.2. The molecule has 0 fully saturated rings. The number of carbonyl (C=O) groups is 1. The Kier molecular flexibility index (Phi) is 4.53. The summed E-state index contributed by atoms with van der Waals surface area (Å²) in [6.07, 6.45) is 0.947. The van der Waals surface area contributed by atoms with Crippen LogP contribution in [0.4, 0.5) is 0 Å². The van der Waals surface area contributed by atoms with E-state index in [4.69, 9.17) is 0 Å². The fraction of sp³-hybridized carbons (Fsp3) is 0.500. The first-order valence-corrected chi connectivity index (χ1v) is 4.94. The van der Waals surface area contributed by atoms with Crippen LogP contribution in [0.15, 0.2) is 12.8 Å². The first-order chi connectivity index (χ1) is 5.52. The first kappa shape index (κ1) is 11.1. The Hall–Kier alpha value is -0.880. The van der Waals surface area contributed by atoms with Gasteiger partial charge in [-0.25, -0.2) is 13.1 Å². The molecule has 0 rings (SSSR count). The second-order valence-corrected chi connectivity index (χ2v) is 3.98. The van der Waals surface area contributed by atoms with Crippen molar-refractivity contribution in [2.45, 2.75) is 6.92 Å². The van der Waals surface area contributed by atoms with Crippen LogP contribution in [-0.4, -0.2) is 26.7 Å². The second kappa shape index (κ2) is 4.89. The third kappa shape index (κ3) is 4.86. The van der Waals surface area contributed by atoms with Gasteiger partial charge in [0.2, 0.25) is 10.0 Å². The number of sulfonamides is 1. The highest BCUT2D eigenvalue weighted by Crippen LogP contribution is 1.83. The van der Waals surface area contributed by atoms with Crippen molar-refractivity contribution in [2.24, 2.45) is 0 Å². The number of ether oxygens (including phenoxy) is 1. The lowest BCUT2D eigenvalue weighted by Gasteiger charge is -2.01. The van der Waals surface area contributed by atoms with Gasteiger partial charge < -0.3 is 4.74 Å². The van der Waals surface area contributed by atoms with Crippen LogP contribution >= 0.6 is 0 Å². The molecule has 70 valence electrons. The van der Waals surface area contributed by atoms with Crippen molar-refractivity contribution >= 4 is 16.0 Å². The third-order valence-corrected chi connectivity index (χ3v) is 2.38. The van der Waals surface area contributed by atoms with E-state index in [9.17, 15) is 13.2 Å². The largest absolute Gasteiger partial charge is 0.434 e. The lowest BCUT2D eigenvalue weighted by atomic mass is 10.7. The molecule has 6 heteroatoms. The molecule has 0 unspecified atom stereocenters. The Balaban J connectivity index is 3.84. The van der Waals surface area contributed by atoms with Crippen molar-refractivity contribution in [3.05, 3.63) is 12.8 Å². The summed E-state index contributed by atoms with van der Waals surface area (Å²) in [5, 5.41) is 0. The Morgan fingerprint density at radius 2 is 2.25 bits per heavy atom. The monoisotopic (exact) mass is 193 g/mol. The van der Waals surface area contributed by atoms with Crippen molar-refractivity contribution in [1.82, 2.24) is 4.72 Å². The molecule has 0 atom stereocenters. The highest BCUT2D eigenvalue weighted by molar-refractivity contribution is 7.89. The van der Waals surface area contributed by atoms with E-state index in [0.717, 1.165) is 6.26 Å². The number of carbonyl (C=O) groups excluding carboxylic acids is 1. The van der Waals surface area contributed by atoms with Gasteiger partial charge in [0.25, 0.3) is 0 Å². The molecule has 12 heavy (non-hydrogen) atoms. The maximum absolute atomic E-state index is 10.8. The Morgan fingerprint density at radius 3 is 2.67 bits per heavy atom. The standard InChI is InChI=1S/C6H11NO4S/c1-3-11-6(8)5-7-12(9,10)4-2/h3,7H,1,4-5H2,2H3. The molecule has 0 aliphatic rings. The van der Waals surface area contributed by atoms with E-state index >= 15 is 0 Å². The average molecular weight is 193 g/mol. The van der Waals surface area contributed by atoms with Crippen molar-refractivity contribution in [1.29, 1.82) is 0 Å². The smallest absolute Gasteiger partial charge is 0.325 e. The number of rotatable bonds is 5. The Labute approximate surface area is 71.5 Å². The average Bonchev–Trinajstić information content (AvgIpc) is 2.02. The van der Waals surface area contributed by atoms with E-state index in [2.05, 4.69) is 11.3 Å². The van der Waals surface area contributed by atoms with Gasteiger partial charge >= 0.3 is 5.97 Å². The molecule has 1 N–H and O–H groups in total. The fourth-order valence-electron chi connectivity index (χ4n) is 0.406. The lowest BCUT2D eigenvalue weighted by Crippen LogP contribution is -2.31. The van der Waals surface area contributed by atoms with Crippen LogP contribution < -0.4 is 4.72 Å². The lowest BCUT2D eigenvalue weighted by molar-refractivity contribution is -0.136. The summed E-state index contributed by atoms with van der Waals surface area (Å²) in [7, 11) is -3.32. The van der Waals surface area contributed by atoms with Gasteiger partial charge in [-0.3, -0.25) is 4.79 Å². The van der Waals surface area contributed by atoms with Crippen LogP contribution in [0.2, 0.25) is 0 Å². The summed E-state index contributed by atoms with van der Waals surface area (Å²) in [4.78, 5) is 10.6. The summed E-state index contributed by atoms with van der Waals surface area (Å²) in [5.74, 6) is -0.740. The topological polar surface area (TPSA) is 72.5 Å². The zero-order valence-electron chi connectivity index (χ0n) is 6.74. The quantitative estimate of drug-likeness (QED) is 0.477. The molecule has 0 amide bonds. The third-order valence-electron chi connectivity index (χ3n) is 1.03. The molecule has 0 aromatic heterocycles. The molecule has 0 radical (unpaired) electrons. The first-order valence-electron chi connectivity index (χ1n) is 3.29. The predicted octanol–water partition coefficient (Wildman–Crippen LogP) is -0.388. The van der Waals surface area contributed by atoms with Gasteiger partial charge in [0.15, 0.2) is 0 Å². The molecule has 0 aromatic carbocycles. The minimum Gasteiger partial charge on any atom is -0.434 e. The molecule has 0 heterocycles. The number of hydrogen-bond donors (Lipinski definition) is 1. The maximum Gasteiger partial charge on any atom is 0.325 e. The van der Waals surface area contributed by atoms with Crippen molar-refractivity contribution in [3.8, 4) is 0 Å². The molecule has 0 saturated carbocycles. The van der Waals surface area contributed by atoms with Crippen LogP contribution in [0, 0.1) is 0 Å². The number of hydrogen-bond acceptors (Lipinski definition) is 4. The minimum atomic E-state index is -3.32. The van der Waals surface area contributed by atoms with Crippen molar-refractivity contribution in [2.75, 3.05) is 12.3 Å². The summed E-state index contributed by atoms with van der Waals surface area (Å²) < 4.78 is 27.8. The molecule has 5 nitrogen and oxygen atoms in total. The van der Waals surface area contributed by atoms with Gasteiger partial charge in [-0.2, -0.15) is 0 Å². The van der Waals surface area contributed by atoms with E-state index in [0.29, 0.717) is 0 Å². The predicted molar refractivity (Wildman–Crippen MR) is 43.8 cm³/mol. The molecular formula is C6H11NO4S. The van der Waals surface area contributed by atoms with Gasteiger partial charge in [0.05, 0.1) is 12.0 Å².